The Hall–Kier alpha value is -3.26. The summed E-state index contributed by atoms with van der Waals surface area (Å²) in [6, 6.07) is 11.8. The number of rotatable bonds is 6. The Morgan fingerprint density at radius 1 is 1.23 bits per heavy atom. The summed E-state index contributed by atoms with van der Waals surface area (Å²) in [5.41, 5.74) is 1.72. The van der Waals surface area contributed by atoms with Gasteiger partial charge in [0, 0.05) is 18.2 Å². The van der Waals surface area contributed by atoms with Gasteiger partial charge >= 0.3 is 0 Å². The number of carbonyl (C=O) groups excluding carboxylic acids is 3. The molecule has 0 bridgehead atoms. The average molecular weight is 426 g/mol. The third-order valence-corrected chi connectivity index (χ3v) is 5.35. The Morgan fingerprint density at radius 2 is 1.90 bits per heavy atom. The van der Waals surface area contributed by atoms with Crippen molar-refractivity contribution in [2.75, 3.05) is 29.1 Å². The van der Waals surface area contributed by atoms with Crippen molar-refractivity contribution >= 4 is 34.8 Å². The van der Waals surface area contributed by atoms with Crippen LogP contribution in [-0.4, -0.2) is 48.3 Å². The molecule has 2 aromatic rings. The zero-order valence-corrected chi connectivity index (χ0v) is 17.9. The quantitative estimate of drug-likeness (QED) is 0.743. The van der Waals surface area contributed by atoms with E-state index in [0.717, 1.165) is 0 Å². The van der Waals surface area contributed by atoms with Crippen molar-refractivity contribution in [2.24, 2.45) is 0 Å². The van der Waals surface area contributed by atoms with Gasteiger partial charge in [-0.15, -0.1) is 0 Å². The van der Waals surface area contributed by atoms with E-state index >= 15 is 0 Å². The lowest BCUT2D eigenvalue weighted by molar-refractivity contribution is -0.124. The van der Waals surface area contributed by atoms with Gasteiger partial charge in [-0.25, -0.2) is 4.39 Å². The molecule has 0 saturated heterocycles. The fourth-order valence-electron chi connectivity index (χ4n) is 3.82. The third kappa shape index (κ3) is 5.27. The first-order chi connectivity index (χ1) is 14.8. The van der Waals surface area contributed by atoms with Crippen LogP contribution >= 0.6 is 0 Å². The molecular formula is C23H27FN4O3. The van der Waals surface area contributed by atoms with Crippen LogP contribution < -0.4 is 15.5 Å². The molecule has 0 aliphatic carbocycles. The Morgan fingerprint density at radius 3 is 2.58 bits per heavy atom. The van der Waals surface area contributed by atoms with Crippen LogP contribution in [0.5, 0.6) is 0 Å². The van der Waals surface area contributed by atoms with E-state index < -0.39 is 6.04 Å². The molecule has 7 nitrogen and oxygen atoms in total. The molecule has 0 unspecified atom stereocenters. The summed E-state index contributed by atoms with van der Waals surface area (Å²) >= 11 is 0. The molecule has 1 heterocycles. The minimum Gasteiger partial charge on any atom is -0.325 e. The van der Waals surface area contributed by atoms with Gasteiger partial charge in [0.2, 0.25) is 17.7 Å². The number of nitrogens with one attached hydrogen (secondary N) is 2. The fourth-order valence-corrected chi connectivity index (χ4v) is 3.82. The highest BCUT2D eigenvalue weighted by molar-refractivity contribution is 6.05. The molecule has 0 fully saturated rings. The van der Waals surface area contributed by atoms with Crippen LogP contribution in [0.3, 0.4) is 0 Å². The van der Waals surface area contributed by atoms with Gasteiger partial charge in [0.1, 0.15) is 5.82 Å². The lowest BCUT2D eigenvalue weighted by atomic mass is 10.1. The van der Waals surface area contributed by atoms with Gasteiger partial charge in [0.15, 0.2) is 0 Å². The second-order valence-corrected chi connectivity index (χ2v) is 7.72. The molecule has 0 saturated carbocycles. The van der Waals surface area contributed by atoms with Gasteiger partial charge in [0.25, 0.3) is 0 Å². The summed E-state index contributed by atoms with van der Waals surface area (Å²) in [4.78, 5) is 41.5. The molecule has 31 heavy (non-hydrogen) atoms. The summed E-state index contributed by atoms with van der Waals surface area (Å²) < 4.78 is 13.1. The van der Waals surface area contributed by atoms with Gasteiger partial charge in [-0.2, -0.15) is 0 Å². The van der Waals surface area contributed by atoms with E-state index in [0.29, 0.717) is 23.5 Å². The van der Waals surface area contributed by atoms with Crippen LogP contribution in [0.1, 0.15) is 26.7 Å². The number of para-hydroxylation sites is 2. The highest BCUT2D eigenvalue weighted by Gasteiger charge is 2.31. The smallest absolute Gasteiger partial charge is 0.241 e. The minimum absolute atomic E-state index is 0.00219. The number of hydrogen-bond acceptors (Lipinski definition) is 4. The van der Waals surface area contributed by atoms with Gasteiger partial charge in [-0.1, -0.05) is 19.1 Å². The Kier molecular flexibility index (Phi) is 7.02. The molecular weight excluding hydrogens is 399 g/mol. The van der Waals surface area contributed by atoms with Crippen molar-refractivity contribution in [3.63, 3.8) is 0 Å². The number of nitrogens with zero attached hydrogens (tertiary/aromatic N) is 2. The summed E-state index contributed by atoms with van der Waals surface area (Å²) in [5.74, 6) is -1.00. The lowest BCUT2D eigenvalue weighted by Gasteiger charge is -2.32. The third-order valence-electron chi connectivity index (χ3n) is 5.35. The van der Waals surface area contributed by atoms with Crippen LogP contribution in [0.15, 0.2) is 48.5 Å². The van der Waals surface area contributed by atoms with Crippen LogP contribution in [0, 0.1) is 5.82 Å². The molecule has 1 aliphatic rings. The average Bonchev–Trinajstić information content (AvgIpc) is 2.84. The van der Waals surface area contributed by atoms with Crippen molar-refractivity contribution < 1.29 is 18.8 Å². The van der Waals surface area contributed by atoms with Gasteiger partial charge in [-0.05, 0) is 56.8 Å². The van der Waals surface area contributed by atoms with E-state index in [1.807, 2.05) is 19.9 Å². The number of likely N-dealkylation sites (N-methyl/N-ethyl adjacent to an activating group) is 1. The highest BCUT2D eigenvalue weighted by atomic mass is 19.1. The van der Waals surface area contributed by atoms with Crippen molar-refractivity contribution in [2.45, 2.75) is 38.8 Å². The van der Waals surface area contributed by atoms with Crippen molar-refractivity contribution in [3.8, 4) is 0 Å². The van der Waals surface area contributed by atoms with E-state index in [4.69, 9.17) is 0 Å². The summed E-state index contributed by atoms with van der Waals surface area (Å²) in [7, 11) is 1.72. The van der Waals surface area contributed by atoms with Crippen molar-refractivity contribution in [1.82, 2.24) is 4.90 Å². The maximum Gasteiger partial charge on any atom is 0.241 e. The molecule has 0 aromatic heterocycles. The first kappa shape index (κ1) is 22.4. The molecule has 164 valence electrons. The molecule has 2 atom stereocenters. The molecule has 0 spiro atoms. The second-order valence-electron chi connectivity index (χ2n) is 7.72. The maximum absolute atomic E-state index is 13.3. The Balaban J connectivity index is 1.74. The normalized spacial score (nSPS) is 16.9. The number of amides is 3. The minimum atomic E-state index is -0.550. The van der Waals surface area contributed by atoms with Crippen LogP contribution in [-0.2, 0) is 14.4 Å². The summed E-state index contributed by atoms with van der Waals surface area (Å²) in [6.45, 7) is 3.70. The lowest BCUT2D eigenvalue weighted by Crippen LogP contribution is -2.49. The molecule has 2 N–H and O–H groups in total. The predicted molar refractivity (Wildman–Crippen MR) is 118 cm³/mol. The zero-order valence-electron chi connectivity index (χ0n) is 17.9. The summed E-state index contributed by atoms with van der Waals surface area (Å²) in [6.07, 6.45) is 0.676. The molecule has 8 heteroatoms. The number of halogens is 1. The highest BCUT2D eigenvalue weighted by Crippen LogP contribution is 2.31. The molecule has 2 aromatic carbocycles. The largest absolute Gasteiger partial charge is 0.325 e. The van der Waals surface area contributed by atoms with Crippen molar-refractivity contribution in [1.29, 1.82) is 0 Å². The van der Waals surface area contributed by atoms with Crippen LogP contribution in [0.2, 0.25) is 0 Å². The second kappa shape index (κ2) is 9.70. The first-order valence-electron chi connectivity index (χ1n) is 10.3. The monoisotopic (exact) mass is 426 g/mol. The molecule has 1 aliphatic heterocycles. The molecule has 3 rings (SSSR count). The van der Waals surface area contributed by atoms with Crippen LogP contribution in [0.25, 0.3) is 0 Å². The van der Waals surface area contributed by atoms with E-state index in [2.05, 4.69) is 10.6 Å². The van der Waals surface area contributed by atoms with Crippen molar-refractivity contribution in [3.05, 3.63) is 54.3 Å². The van der Waals surface area contributed by atoms with Crippen LogP contribution in [0.4, 0.5) is 21.5 Å². The molecule has 0 radical (unpaired) electrons. The topological polar surface area (TPSA) is 81.8 Å². The first-order valence-corrected chi connectivity index (χ1v) is 10.3. The SMILES string of the molecule is CC[C@H](C(=O)Nc1ccc(F)cc1)N(C)CC(=O)N1c2ccccc2NC(=O)C[C@H]1C. The molecule has 3 amide bonds. The summed E-state index contributed by atoms with van der Waals surface area (Å²) in [5, 5.41) is 5.60. The predicted octanol–water partition coefficient (Wildman–Crippen LogP) is 3.24. The Bertz CT molecular complexity index is 964. The van der Waals surface area contributed by atoms with Gasteiger partial charge < -0.3 is 15.5 Å². The number of carbonyl (C=O) groups is 3. The standard InChI is InChI=1S/C23H27FN4O3/c1-4-19(23(31)25-17-11-9-16(24)10-12-17)27(3)14-22(30)28-15(2)13-21(29)26-18-7-5-6-8-20(18)28/h5-12,15,19H,4,13-14H2,1-3H3,(H,25,31)(H,26,29)/t15-,19-/m1/s1. The number of benzene rings is 2. The van der Waals surface area contributed by atoms with E-state index in [9.17, 15) is 18.8 Å². The number of anilines is 3. The Labute approximate surface area is 181 Å². The maximum atomic E-state index is 13.3. The fraction of sp³-hybridized carbons (Fsp3) is 0.348. The van der Waals surface area contributed by atoms with E-state index in [-0.39, 0.29) is 42.5 Å². The van der Waals surface area contributed by atoms with Gasteiger partial charge in [-0.3, -0.25) is 19.3 Å². The zero-order chi connectivity index (χ0) is 22.5. The number of hydrogen-bond donors (Lipinski definition) is 2. The van der Waals surface area contributed by atoms with E-state index in [1.54, 1.807) is 35.0 Å². The number of fused-ring (bicyclic) bond motifs is 1. The van der Waals surface area contributed by atoms with Gasteiger partial charge in [0.05, 0.1) is 24.0 Å². The van der Waals surface area contributed by atoms with E-state index in [1.165, 1.54) is 24.3 Å².